The Morgan fingerprint density at radius 1 is 1.03 bits per heavy atom. The van der Waals surface area contributed by atoms with Gasteiger partial charge < -0.3 is 14.6 Å². The molecule has 1 unspecified atom stereocenters. The summed E-state index contributed by atoms with van der Waals surface area (Å²) in [6.07, 6.45) is 0.830. The van der Waals surface area contributed by atoms with Crippen molar-refractivity contribution in [2.24, 2.45) is 0 Å². The molecule has 198 valence electrons. The molecule has 7 heteroatoms. The number of carbonyl (C=O) groups is 2. The molecule has 1 heterocycles. The van der Waals surface area contributed by atoms with Crippen LogP contribution in [-0.4, -0.2) is 30.5 Å². The molecule has 4 rings (SSSR count). The molecule has 0 saturated carbocycles. The quantitative estimate of drug-likeness (QED) is 0.200. The summed E-state index contributed by atoms with van der Waals surface area (Å²) in [6.45, 7) is 8.87. The molecule has 1 fully saturated rings. The fraction of sp³-hybridized carbons (Fsp3) is 0.290. The van der Waals surface area contributed by atoms with E-state index in [2.05, 4.69) is 20.8 Å². The first-order valence-electron chi connectivity index (χ1n) is 12.5. The maximum atomic E-state index is 13.5. The number of nitrogens with zero attached hydrogens (tertiary/aromatic N) is 1. The number of methoxy groups -OCH3 is 1. The lowest BCUT2D eigenvalue weighted by Crippen LogP contribution is -2.29. The summed E-state index contributed by atoms with van der Waals surface area (Å²) in [5.41, 5.74) is 2.37. The number of hydrogen-bond acceptors (Lipinski definition) is 5. The topological polar surface area (TPSA) is 76.1 Å². The summed E-state index contributed by atoms with van der Waals surface area (Å²) < 4.78 is 11.2. The largest absolute Gasteiger partial charge is 0.507 e. The van der Waals surface area contributed by atoms with Gasteiger partial charge in [0.1, 0.15) is 17.3 Å². The Balaban J connectivity index is 1.94. The first-order chi connectivity index (χ1) is 18.1. The Hall–Kier alpha value is -3.77. The molecular formula is C31H32ClNO5. The zero-order valence-corrected chi connectivity index (χ0v) is 23.0. The van der Waals surface area contributed by atoms with Gasteiger partial charge in [0, 0.05) is 16.8 Å². The van der Waals surface area contributed by atoms with Crippen LogP contribution in [0.5, 0.6) is 11.5 Å². The second kappa shape index (κ2) is 10.9. The van der Waals surface area contributed by atoms with Crippen LogP contribution in [0.4, 0.5) is 5.69 Å². The van der Waals surface area contributed by atoms with Gasteiger partial charge in [-0.25, -0.2) is 0 Å². The summed E-state index contributed by atoms with van der Waals surface area (Å²) in [4.78, 5) is 28.5. The molecule has 38 heavy (non-hydrogen) atoms. The van der Waals surface area contributed by atoms with Crippen molar-refractivity contribution in [3.05, 3.63) is 94.0 Å². The van der Waals surface area contributed by atoms with E-state index in [1.54, 1.807) is 36.4 Å². The molecule has 3 aromatic carbocycles. The van der Waals surface area contributed by atoms with Gasteiger partial charge in [-0.2, -0.15) is 0 Å². The summed E-state index contributed by atoms with van der Waals surface area (Å²) in [6, 6.07) is 18.7. The zero-order chi connectivity index (χ0) is 27.6. The fourth-order valence-electron chi connectivity index (χ4n) is 4.53. The maximum absolute atomic E-state index is 13.5. The van der Waals surface area contributed by atoms with Crippen LogP contribution >= 0.6 is 11.6 Å². The van der Waals surface area contributed by atoms with Gasteiger partial charge in [-0.3, -0.25) is 14.5 Å². The number of amides is 1. The Labute approximate surface area is 228 Å². The van der Waals surface area contributed by atoms with E-state index in [4.69, 9.17) is 21.1 Å². The van der Waals surface area contributed by atoms with Crippen molar-refractivity contribution >= 4 is 34.7 Å². The van der Waals surface area contributed by atoms with Crippen LogP contribution in [-0.2, 0) is 15.0 Å². The van der Waals surface area contributed by atoms with Gasteiger partial charge in [-0.15, -0.1) is 0 Å². The Morgan fingerprint density at radius 2 is 1.74 bits per heavy atom. The molecule has 6 nitrogen and oxygen atoms in total. The molecule has 1 aliphatic rings. The highest BCUT2D eigenvalue weighted by molar-refractivity contribution is 6.51. The SMILES string of the molecule is CCCOc1cccc(N2C(=O)C(=O)/C(=C(/O)c3cc(Cl)ccc3OC)C2c2ccc(C(C)(C)C)cc2)c1. The van der Waals surface area contributed by atoms with Crippen LogP contribution < -0.4 is 14.4 Å². The number of aliphatic hydroxyl groups is 1. The molecular weight excluding hydrogens is 502 g/mol. The first-order valence-corrected chi connectivity index (χ1v) is 12.9. The fourth-order valence-corrected chi connectivity index (χ4v) is 4.71. The molecule has 0 radical (unpaired) electrons. The number of rotatable bonds is 7. The second-order valence-electron chi connectivity index (χ2n) is 10.2. The highest BCUT2D eigenvalue weighted by Crippen LogP contribution is 2.44. The van der Waals surface area contributed by atoms with Crippen molar-refractivity contribution in [3.63, 3.8) is 0 Å². The Morgan fingerprint density at radius 3 is 2.37 bits per heavy atom. The van der Waals surface area contributed by atoms with Gasteiger partial charge in [0.2, 0.25) is 0 Å². The Kier molecular flexibility index (Phi) is 7.83. The van der Waals surface area contributed by atoms with E-state index in [9.17, 15) is 14.7 Å². The number of hydrogen-bond donors (Lipinski definition) is 1. The maximum Gasteiger partial charge on any atom is 0.300 e. The standard InChI is InChI=1S/C31H32ClNO5/c1-6-16-38-23-9-7-8-22(18-23)33-27(19-10-12-20(13-11-19)31(2,3)4)26(29(35)30(33)36)28(34)24-17-21(32)14-15-25(24)37-5/h7-15,17-18,27,34H,6,16H2,1-5H3/b28-26+. The van der Waals surface area contributed by atoms with E-state index >= 15 is 0 Å². The smallest absolute Gasteiger partial charge is 0.300 e. The van der Waals surface area contributed by atoms with E-state index in [0.29, 0.717) is 34.4 Å². The Bertz CT molecular complexity index is 1390. The zero-order valence-electron chi connectivity index (χ0n) is 22.2. The molecule has 1 atom stereocenters. The van der Waals surface area contributed by atoms with E-state index in [1.807, 2.05) is 31.2 Å². The van der Waals surface area contributed by atoms with Gasteiger partial charge in [0.15, 0.2) is 0 Å². The predicted molar refractivity (Wildman–Crippen MR) is 150 cm³/mol. The summed E-state index contributed by atoms with van der Waals surface area (Å²) in [5.74, 6) is -0.979. The molecule has 1 amide bonds. The normalized spacial score (nSPS) is 17.1. The molecule has 0 spiro atoms. The van der Waals surface area contributed by atoms with Crippen LogP contribution in [0.2, 0.25) is 5.02 Å². The number of ether oxygens (including phenoxy) is 2. The molecule has 1 saturated heterocycles. The monoisotopic (exact) mass is 533 g/mol. The summed E-state index contributed by atoms with van der Waals surface area (Å²) in [7, 11) is 1.46. The third kappa shape index (κ3) is 5.27. The van der Waals surface area contributed by atoms with Crippen LogP contribution in [0.3, 0.4) is 0 Å². The number of aliphatic hydroxyl groups excluding tert-OH is 1. The van der Waals surface area contributed by atoms with Crippen molar-refractivity contribution in [3.8, 4) is 11.5 Å². The van der Waals surface area contributed by atoms with Crippen molar-refractivity contribution in [1.29, 1.82) is 0 Å². The predicted octanol–water partition coefficient (Wildman–Crippen LogP) is 7.06. The number of anilines is 1. The lowest BCUT2D eigenvalue weighted by atomic mass is 9.85. The number of halogens is 1. The minimum Gasteiger partial charge on any atom is -0.507 e. The third-order valence-corrected chi connectivity index (χ3v) is 6.76. The summed E-state index contributed by atoms with van der Waals surface area (Å²) >= 11 is 6.22. The lowest BCUT2D eigenvalue weighted by molar-refractivity contribution is -0.132. The van der Waals surface area contributed by atoms with Crippen molar-refractivity contribution < 1.29 is 24.2 Å². The molecule has 0 aromatic heterocycles. The molecule has 3 aromatic rings. The van der Waals surface area contributed by atoms with Gasteiger partial charge in [-0.05, 0) is 53.3 Å². The number of benzene rings is 3. The summed E-state index contributed by atoms with van der Waals surface area (Å²) in [5, 5.41) is 11.9. The second-order valence-corrected chi connectivity index (χ2v) is 10.7. The molecule has 0 aliphatic carbocycles. The lowest BCUT2D eigenvalue weighted by Gasteiger charge is -2.27. The van der Waals surface area contributed by atoms with Crippen LogP contribution in [0.25, 0.3) is 5.76 Å². The van der Waals surface area contributed by atoms with Crippen LogP contribution in [0, 0.1) is 0 Å². The van der Waals surface area contributed by atoms with E-state index in [-0.39, 0.29) is 22.3 Å². The van der Waals surface area contributed by atoms with Crippen LogP contribution in [0.15, 0.2) is 72.3 Å². The van der Waals surface area contributed by atoms with Gasteiger partial charge in [-0.1, -0.05) is 69.6 Å². The molecule has 0 bridgehead atoms. The van der Waals surface area contributed by atoms with Crippen molar-refractivity contribution in [1.82, 2.24) is 0 Å². The van der Waals surface area contributed by atoms with E-state index < -0.39 is 17.7 Å². The highest BCUT2D eigenvalue weighted by atomic mass is 35.5. The minimum atomic E-state index is -0.880. The van der Waals surface area contributed by atoms with E-state index in [0.717, 1.165) is 12.0 Å². The molecule has 1 aliphatic heterocycles. The van der Waals surface area contributed by atoms with Crippen molar-refractivity contribution in [2.75, 3.05) is 18.6 Å². The van der Waals surface area contributed by atoms with Gasteiger partial charge in [0.25, 0.3) is 11.7 Å². The average molecular weight is 534 g/mol. The van der Waals surface area contributed by atoms with Crippen molar-refractivity contribution in [2.45, 2.75) is 45.6 Å². The first kappa shape index (κ1) is 27.3. The average Bonchev–Trinajstić information content (AvgIpc) is 3.17. The third-order valence-electron chi connectivity index (χ3n) is 6.52. The van der Waals surface area contributed by atoms with Gasteiger partial charge in [0.05, 0.1) is 30.9 Å². The van der Waals surface area contributed by atoms with E-state index in [1.165, 1.54) is 18.1 Å². The minimum absolute atomic E-state index is 0.0426. The highest BCUT2D eigenvalue weighted by Gasteiger charge is 2.47. The number of ketones is 1. The number of Topliss-reactive ketones (excluding diaryl/α,β-unsaturated/α-hetero) is 1. The number of carbonyl (C=O) groups excluding carboxylic acids is 2. The van der Waals surface area contributed by atoms with Gasteiger partial charge >= 0.3 is 0 Å². The van der Waals surface area contributed by atoms with Crippen LogP contribution in [0.1, 0.15) is 56.8 Å². The molecule has 1 N–H and O–H groups in total.